The molecule has 2 aromatic rings. The molecule has 0 fully saturated rings. The van der Waals surface area contributed by atoms with Crippen LogP contribution in [0.2, 0.25) is 0 Å². The number of rotatable bonds is 2. The number of amides is 1. The van der Waals surface area contributed by atoms with Gasteiger partial charge in [0.15, 0.2) is 0 Å². The summed E-state index contributed by atoms with van der Waals surface area (Å²) in [6.07, 6.45) is 1.65. The zero-order valence-corrected chi connectivity index (χ0v) is 9.40. The summed E-state index contributed by atoms with van der Waals surface area (Å²) in [7, 11) is 0. The second-order valence-electron chi connectivity index (χ2n) is 3.66. The summed E-state index contributed by atoms with van der Waals surface area (Å²) in [5, 5.41) is 2.71. The van der Waals surface area contributed by atoms with Crippen molar-refractivity contribution in [2.75, 3.05) is 11.1 Å². The summed E-state index contributed by atoms with van der Waals surface area (Å²) < 4.78 is 0. The number of anilines is 2. The van der Waals surface area contributed by atoms with E-state index in [0.717, 1.165) is 11.1 Å². The molecule has 3 N–H and O–H groups in total. The summed E-state index contributed by atoms with van der Waals surface area (Å²) in [5.41, 5.74) is 8.22. The van der Waals surface area contributed by atoms with Gasteiger partial charge in [-0.25, -0.2) is 4.98 Å². The molecule has 0 bridgehead atoms. The van der Waals surface area contributed by atoms with E-state index in [1.54, 1.807) is 18.3 Å². The van der Waals surface area contributed by atoms with Crippen molar-refractivity contribution in [3.8, 4) is 11.1 Å². The number of hydrogen-bond donors (Lipinski definition) is 2. The molecule has 0 aliphatic rings. The van der Waals surface area contributed by atoms with Gasteiger partial charge in [0.1, 0.15) is 5.82 Å². The molecule has 1 aromatic carbocycles. The third-order valence-electron chi connectivity index (χ3n) is 2.22. The summed E-state index contributed by atoms with van der Waals surface area (Å²) in [5.74, 6) is 0.359. The first kappa shape index (κ1) is 11.1. The Balaban J connectivity index is 2.36. The van der Waals surface area contributed by atoms with E-state index in [2.05, 4.69) is 16.4 Å². The number of nitrogen functional groups attached to an aromatic ring is 1. The Morgan fingerprint density at radius 3 is 2.88 bits per heavy atom. The van der Waals surface area contributed by atoms with Gasteiger partial charge in [0.2, 0.25) is 5.91 Å². The topological polar surface area (TPSA) is 68.0 Å². The molecule has 2 rings (SSSR count). The van der Waals surface area contributed by atoms with Crippen molar-refractivity contribution in [2.24, 2.45) is 0 Å². The number of nitrogens with zero attached hydrogens (tertiary/aromatic N) is 1. The smallest absolute Gasteiger partial charge is 0.221 e. The lowest BCUT2D eigenvalue weighted by molar-refractivity contribution is -0.114. The normalized spacial score (nSPS) is 9.94. The molecule has 4 heteroatoms. The van der Waals surface area contributed by atoms with Crippen LogP contribution in [0.4, 0.5) is 11.5 Å². The predicted molar refractivity (Wildman–Crippen MR) is 67.2 cm³/mol. The number of aromatic nitrogens is 1. The fourth-order valence-electron chi connectivity index (χ4n) is 1.54. The molecule has 0 saturated heterocycles. The van der Waals surface area contributed by atoms with Gasteiger partial charge in [-0.15, -0.1) is 0 Å². The highest BCUT2D eigenvalue weighted by Gasteiger charge is 2.01. The average Bonchev–Trinajstić information content (AvgIpc) is 2.28. The van der Waals surface area contributed by atoms with Gasteiger partial charge < -0.3 is 11.1 Å². The van der Waals surface area contributed by atoms with Crippen LogP contribution < -0.4 is 11.1 Å². The van der Waals surface area contributed by atoms with Crippen LogP contribution in [0, 0.1) is 6.07 Å². The molecule has 0 saturated carbocycles. The minimum absolute atomic E-state index is 0.107. The minimum atomic E-state index is -0.107. The van der Waals surface area contributed by atoms with Crippen molar-refractivity contribution in [1.82, 2.24) is 4.98 Å². The van der Waals surface area contributed by atoms with E-state index in [-0.39, 0.29) is 5.91 Å². The monoisotopic (exact) mass is 226 g/mol. The summed E-state index contributed by atoms with van der Waals surface area (Å²) in [4.78, 5) is 14.9. The molecule has 85 valence electrons. The van der Waals surface area contributed by atoms with Crippen LogP contribution in [0.1, 0.15) is 6.92 Å². The Morgan fingerprint density at radius 1 is 1.35 bits per heavy atom. The van der Waals surface area contributed by atoms with Gasteiger partial charge in [0, 0.05) is 18.8 Å². The fraction of sp³-hybridized carbons (Fsp3) is 0.0769. The molecule has 1 radical (unpaired) electrons. The molecule has 0 atom stereocenters. The van der Waals surface area contributed by atoms with Gasteiger partial charge in [-0.3, -0.25) is 4.79 Å². The van der Waals surface area contributed by atoms with E-state index in [1.165, 1.54) is 6.92 Å². The first-order valence-corrected chi connectivity index (χ1v) is 5.16. The maximum absolute atomic E-state index is 11.0. The number of benzene rings is 1. The van der Waals surface area contributed by atoms with E-state index in [0.29, 0.717) is 11.5 Å². The molecule has 1 amide bonds. The molecule has 0 aliphatic heterocycles. The number of carbonyl (C=O) groups is 1. The van der Waals surface area contributed by atoms with Crippen molar-refractivity contribution in [2.45, 2.75) is 6.92 Å². The first-order chi connectivity index (χ1) is 8.15. The van der Waals surface area contributed by atoms with Crippen LogP contribution in [0.25, 0.3) is 11.1 Å². The average molecular weight is 226 g/mol. The Kier molecular flexibility index (Phi) is 3.05. The van der Waals surface area contributed by atoms with Gasteiger partial charge in [0.05, 0.1) is 0 Å². The van der Waals surface area contributed by atoms with Gasteiger partial charge >= 0.3 is 0 Å². The molecule has 0 unspecified atom stereocenters. The van der Waals surface area contributed by atoms with Crippen LogP contribution >= 0.6 is 0 Å². The summed E-state index contributed by atoms with van der Waals surface area (Å²) >= 11 is 0. The number of pyridine rings is 1. The maximum atomic E-state index is 11.0. The molecular formula is C13H12N3O. The van der Waals surface area contributed by atoms with Gasteiger partial charge in [-0.05, 0) is 47.5 Å². The lowest BCUT2D eigenvalue weighted by Crippen LogP contribution is -2.05. The molecule has 17 heavy (non-hydrogen) atoms. The predicted octanol–water partition coefficient (Wildman–Crippen LogP) is 2.09. The number of hydrogen-bond acceptors (Lipinski definition) is 3. The number of nitrogens with two attached hydrogens (primary N) is 1. The van der Waals surface area contributed by atoms with Crippen molar-refractivity contribution < 1.29 is 4.79 Å². The van der Waals surface area contributed by atoms with Gasteiger partial charge in [-0.1, -0.05) is 0 Å². The lowest BCUT2D eigenvalue weighted by atomic mass is 10.1. The summed E-state index contributed by atoms with van der Waals surface area (Å²) in [6, 6.07) is 12.0. The van der Waals surface area contributed by atoms with E-state index in [9.17, 15) is 4.79 Å². The zero-order chi connectivity index (χ0) is 12.3. The van der Waals surface area contributed by atoms with Crippen LogP contribution in [0.5, 0.6) is 0 Å². The molecule has 4 nitrogen and oxygen atoms in total. The second kappa shape index (κ2) is 4.65. The largest absolute Gasteiger partial charge is 0.384 e. The summed E-state index contributed by atoms with van der Waals surface area (Å²) in [6.45, 7) is 1.47. The molecule has 1 aromatic heterocycles. The third kappa shape index (κ3) is 2.81. The Hall–Kier alpha value is -2.36. The molecule has 0 aliphatic carbocycles. The van der Waals surface area contributed by atoms with Crippen LogP contribution in [-0.2, 0) is 4.79 Å². The van der Waals surface area contributed by atoms with Crippen LogP contribution in [0.3, 0.4) is 0 Å². The van der Waals surface area contributed by atoms with Crippen molar-refractivity contribution in [1.29, 1.82) is 0 Å². The zero-order valence-electron chi connectivity index (χ0n) is 9.40. The van der Waals surface area contributed by atoms with E-state index >= 15 is 0 Å². The van der Waals surface area contributed by atoms with Crippen molar-refractivity contribution in [3.05, 3.63) is 42.6 Å². The number of carbonyl (C=O) groups excluding carboxylic acids is 1. The van der Waals surface area contributed by atoms with E-state index in [4.69, 9.17) is 5.73 Å². The highest BCUT2D eigenvalue weighted by molar-refractivity contribution is 5.89. The quantitative estimate of drug-likeness (QED) is 0.823. The SMILES string of the molecule is CC(=O)Nc1c[c]cc(-c2ccnc(N)c2)c1. The van der Waals surface area contributed by atoms with Crippen molar-refractivity contribution in [3.63, 3.8) is 0 Å². The molecule has 1 heterocycles. The lowest BCUT2D eigenvalue weighted by Gasteiger charge is -2.06. The van der Waals surface area contributed by atoms with Crippen LogP contribution in [-0.4, -0.2) is 10.9 Å². The van der Waals surface area contributed by atoms with Crippen LogP contribution in [0.15, 0.2) is 36.5 Å². The Morgan fingerprint density at radius 2 is 2.18 bits per heavy atom. The minimum Gasteiger partial charge on any atom is -0.384 e. The van der Waals surface area contributed by atoms with Gasteiger partial charge in [0.25, 0.3) is 0 Å². The number of nitrogens with one attached hydrogen (secondary N) is 1. The standard InChI is InChI=1S/C13H12N3O/c1-9(17)16-12-4-2-3-10(7-12)11-5-6-15-13(14)8-11/h3-8H,1H3,(H2,14,15)(H,16,17). The van der Waals surface area contributed by atoms with Crippen molar-refractivity contribution >= 4 is 17.4 Å². The van der Waals surface area contributed by atoms with Gasteiger partial charge in [-0.2, -0.15) is 0 Å². The Labute approximate surface area is 99.5 Å². The highest BCUT2D eigenvalue weighted by Crippen LogP contribution is 2.22. The van der Waals surface area contributed by atoms with E-state index in [1.807, 2.05) is 18.2 Å². The highest BCUT2D eigenvalue weighted by atomic mass is 16.1. The van der Waals surface area contributed by atoms with E-state index < -0.39 is 0 Å². The molecular weight excluding hydrogens is 214 g/mol. The molecule has 0 spiro atoms. The fourth-order valence-corrected chi connectivity index (χ4v) is 1.54. The Bertz CT molecular complexity index is 552. The first-order valence-electron chi connectivity index (χ1n) is 5.16. The third-order valence-corrected chi connectivity index (χ3v) is 2.22. The second-order valence-corrected chi connectivity index (χ2v) is 3.66. The maximum Gasteiger partial charge on any atom is 0.221 e.